The zero-order valence-electron chi connectivity index (χ0n) is 16.6. The van der Waals surface area contributed by atoms with E-state index in [1.165, 1.54) is 37.7 Å². The number of carbonyl (C=O) groups is 1. The fraction of sp³-hybridized carbons (Fsp3) is 0.190. The number of fused-ring (bicyclic) bond motifs is 3. The van der Waals surface area contributed by atoms with Gasteiger partial charge in [-0.1, -0.05) is 11.3 Å². The molecule has 0 bridgehead atoms. The summed E-state index contributed by atoms with van der Waals surface area (Å²) in [6.45, 7) is 2.47. The lowest BCUT2D eigenvalue weighted by Crippen LogP contribution is -2.17. The zero-order valence-corrected chi connectivity index (χ0v) is 17.4. The number of nitrogens with zero attached hydrogens (tertiary/aromatic N) is 2. The van der Waals surface area contributed by atoms with Gasteiger partial charge < -0.3 is 19.9 Å². The molecule has 1 aromatic carbocycles. The Labute approximate surface area is 175 Å². The van der Waals surface area contributed by atoms with Gasteiger partial charge in [0.05, 0.1) is 36.6 Å². The molecule has 4 rings (SSSR count). The molecule has 3 aromatic rings. The Hall–Kier alpha value is -3.59. The number of nitrogens with two attached hydrogens (primary N) is 1. The number of hydrogen-bond donors (Lipinski definition) is 1. The summed E-state index contributed by atoms with van der Waals surface area (Å²) < 4.78 is 18.4. The Bertz CT molecular complexity index is 1300. The van der Waals surface area contributed by atoms with Gasteiger partial charge in [-0.05, 0) is 48.9 Å². The third-order valence-corrected chi connectivity index (χ3v) is 5.62. The topological polar surface area (TPSA) is 105 Å². The number of methoxy groups -OCH3 is 2. The molecule has 2 aromatic heterocycles. The van der Waals surface area contributed by atoms with Crippen molar-refractivity contribution in [3.63, 3.8) is 0 Å². The first-order valence-electron chi connectivity index (χ1n) is 9.12. The molecule has 0 amide bonds. The van der Waals surface area contributed by atoms with Crippen LogP contribution >= 0.6 is 11.3 Å². The van der Waals surface area contributed by atoms with Crippen molar-refractivity contribution < 1.29 is 19.0 Å². The van der Waals surface area contributed by atoms with E-state index >= 15 is 0 Å². The average Bonchev–Trinajstić information content (AvgIpc) is 3.09. The van der Waals surface area contributed by atoms with E-state index in [0.29, 0.717) is 17.1 Å². The number of aromatic nitrogens is 2. The molecule has 0 unspecified atom stereocenters. The lowest BCUT2D eigenvalue weighted by atomic mass is 10.0. The average molecular weight is 425 g/mol. The van der Waals surface area contributed by atoms with Crippen molar-refractivity contribution in [3.8, 4) is 5.75 Å². The highest BCUT2D eigenvalue weighted by atomic mass is 32.1. The second kappa shape index (κ2) is 7.68. The Balaban J connectivity index is 1.91. The molecule has 8 nitrogen and oxygen atoms in total. The first-order valence-corrected chi connectivity index (χ1v) is 9.93. The van der Waals surface area contributed by atoms with Crippen LogP contribution in [0.4, 0.5) is 5.82 Å². The molecule has 1 aliphatic carbocycles. The van der Waals surface area contributed by atoms with E-state index in [1.807, 2.05) is 25.1 Å². The fourth-order valence-electron chi connectivity index (χ4n) is 3.23. The highest BCUT2D eigenvalue weighted by Gasteiger charge is 2.22. The molecule has 0 radical (unpaired) electrons. The van der Waals surface area contributed by atoms with Gasteiger partial charge in [-0.25, -0.2) is 0 Å². The van der Waals surface area contributed by atoms with Crippen LogP contribution in [0.15, 0.2) is 52.2 Å². The Morgan fingerprint density at radius 3 is 2.50 bits per heavy atom. The van der Waals surface area contributed by atoms with Crippen LogP contribution in [0, 0.1) is 0 Å². The molecule has 0 fully saturated rings. The van der Waals surface area contributed by atoms with Crippen LogP contribution in [-0.4, -0.2) is 36.0 Å². The monoisotopic (exact) mass is 425 g/mol. The molecule has 0 aliphatic heterocycles. The van der Waals surface area contributed by atoms with Crippen LogP contribution in [-0.2, 0) is 14.3 Å². The minimum Gasteiger partial charge on any atom is -0.494 e. The zero-order chi connectivity index (χ0) is 21.4. The number of nitrogen functional groups attached to an aromatic ring is 1. The van der Waals surface area contributed by atoms with Crippen LogP contribution < -0.4 is 16.0 Å². The molecule has 1 aliphatic rings. The molecule has 154 valence electrons. The number of anilines is 1. The number of allylic oxidation sites excluding steroid dienone is 3. The molecule has 0 saturated carbocycles. The number of ketones is 1. The molecule has 0 saturated heterocycles. The van der Waals surface area contributed by atoms with Crippen molar-refractivity contribution in [2.24, 2.45) is 0 Å². The molecule has 30 heavy (non-hydrogen) atoms. The first-order chi connectivity index (χ1) is 14.5. The van der Waals surface area contributed by atoms with Crippen LogP contribution in [0.5, 0.6) is 5.75 Å². The van der Waals surface area contributed by atoms with Crippen LogP contribution in [0.1, 0.15) is 12.5 Å². The van der Waals surface area contributed by atoms with Gasteiger partial charge in [-0.2, -0.15) is 4.98 Å². The number of thiazole rings is 1. The highest BCUT2D eigenvalue weighted by molar-refractivity contribution is 7.23. The summed E-state index contributed by atoms with van der Waals surface area (Å²) in [5.74, 6) is 0.839. The second-order valence-corrected chi connectivity index (χ2v) is 7.41. The van der Waals surface area contributed by atoms with E-state index in [1.54, 1.807) is 10.5 Å². The number of rotatable bonds is 5. The predicted octanol–water partition coefficient (Wildman–Crippen LogP) is 2.92. The maximum absolute atomic E-state index is 12.7. The van der Waals surface area contributed by atoms with E-state index in [9.17, 15) is 9.59 Å². The van der Waals surface area contributed by atoms with Crippen LogP contribution in [0.3, 0.4) is 0 Å². The van der Waals surface area contributed by atoms with Gasteiger partial charge in [0.15, 0.2) is 16.5 Å². The number of ether oxygens (including phenoxy) is 3. The van der Waals surface area contributed by atoms with Gasteiger partial charge in [0.2, 0.25) is 0 Å². The first kappa shape index (κ1) is 19.7. The summed E-state index contributed by atoms with van der Waals surface area (Å²) in [7, 11) is 2.79. The maximum Gasteiger partial charge on any atom is 0.283 e. The second-order valence-electron chi connectivity index (χ2n) is 6.40. The maximum atomic E-state index is 12.7. The number of hydrogen-bond acceptors (Lipinski definition) is 8. The van der Waals surface area contributed by atoms with Crippen molar-refractivity contribution >= 4 is 44.2 Å². The summed E-state index contributed by atoms with van der Waals surface area (Å²) >= 11 is 1.36. The van der Waals surface area contributed by atoms with E-state index < -0.39 is 5.56 Å². The summed E-state index contributed by atoms with van der Waals surface area (Å²) in [4.78, 5) is 29.5. The Morgan fingerprint density at radius 2 is 1.87 bits per heavy atom. The molecular weight excluding hydrogens is 406 g/mol. The van der Waals surface area contributed by atoms with Gasteiger partial charge in [0.25, 0.3) is 11.3 Å². The number of Topliss-reactive ketones (excluding diaryl/α,β-unsaturated/α-hetero) is 1. The van der Waals surface area contributed by atoms with E-state index in [4.69, 9.17) is 19.9 Å². The Kier molecular flexibility index (Phi) is 5.04. The molecule has 0 atom stereocenters. The van der Waals surface area contributed by atoms with Gasteiger partial charge >= 0.3 is 0 Å². The summed E-state index contributed by atoms with van der Waals surface area (Å²) in [6.07, 6.45) is 4.62. The van der Waals surface area contributed by atoms with Crippen LogP contribution in [0.25, 0.3) is 21.3 Å². The van der Waals surface area contributed by atoms with Crippen molar-refractivity contribution in [1.29, 1.82) is 0 Å². The third kappa shape index (κ3) is 3.22. The fourth-order valence-corrected chi connectivity index (χ4v) is 4.29. The summed E-state index contributed by atoms with van der Waals surface area (Å²) in [5, 5.41) is 0. The predicted molar refractivity (Wildman–Crippen MR) is 116 cm³/mol. The molecule has 2 heterocycles. The van der Waals surface area contributed by atoms with Gasteiger partial charge in [-0.15, -0.1) is 0 Å². The van der Waals surface area contributed by atoms with Crippen molar-refractivity contribution in [2.75, 3.05) is 26.6 Å². The Morgan fingerprint density at radius 1 is 1.17 bits per heavy atom. The lowest BCUT2D eigenvalue weighted by Gasteiger charge is -2.13. The minimum atomic E-state index is -0.465. The minimum absolute atomic E-state index is 0.109. The SMILES string of the molecule is CCOc1ccc2c(c1)sc1nc(=O)c(C=C3C=C(OC)C(=O)C(OC)=C3)c(N)n12. The molecule has 2 N–H and O–H groups in total. The van der Waals surface area contributed by atoms with Gasteiger partial charge in [0, 0.05) is 0 Å². The summed E-state index contributed by atoms with van der Waals surface area (Å²) in [6, 6.07) is 5.63. The summed E-state index contributed by atoms with van der Waals surface area (Å²) in [5.41, 5.74) is 7.49. The smallest absolute Gasteiger partial charge is 0.283 e. The van der Waals surface area contributed by atoms with Gasteiger partial charge in [-0.3, -0.25) is 14.0 Å². The van der Waals surface area contributed by atoms with E-state index in [0.717, 1.165) is 16.0 Å². The van der Waals surface area contributed by atoms with Gasteiger partial charge in [0.1, 0.15) is 11.6 Å². The largest absolute Gasteiger partial charge is 0.494 e. The van der Waals surface area contributed by atoms with Crippen molar-refractivity contribution in [2.45, 2.75) is 6.92 Å². The van der Waals surface area contributed by atoms with E-state index in [-0.39, 0.29) is 28.7 Å². The standard InChI is InChI=1S/C21H19N3O5S/c1-4-29-12-5-6-14-17(10-12)30-21-23-20(26)13(19(22)24(14)21)7-11-8-15(27-2)18(25)16(9-11)28-3/h5-10H,4,22H2,1-3H3. The molecule has 0 spiro atoms. The number of benzene rings is 1. The third-order valence-electron chi connectivity index (χ3n) is 4.61. The quantitative estimate of drug-likeness (QED) is 0.670. The van der Waals surface area contributed by atoms with Crippen molar-refractivity contribution in [1.82, 2.24) is 9.38 Å². The normalized spacial score (nSPS) is 14.0. The number of carbonyl (C=O) groups excluding carboxylic acids is 1. The lowest BCUT2D eigenvalue weighted by molar-refractivity contribution is -0.117. The van der Waals surface area contributed by atoms with E-state index in [2.05, 4.69) is 4.98 Å². The molecular formula is C21H19N3O5S. The molecule has 9 heteroatoms. The van der Waals surface area contributed by atoms with Crippen molar-refractivity contribution in [3.05, 3.63) is 63.4 Å². The highest BCUT2D eigenvalue weighted by Crippen LogP contribution is 2.31. The van der Waals surface area contributed by atoms with Crippen LogP contribution in [0.2, 0.25) is 0 Å².